The molecule has 2 aromatic rings. The number of carbonyl (C=O) groups excluding carboxylic acids is 1. The quantitative estimate of drug-likeness (QED) is 0.584. The summed E-state index contributed by atoms with van der Waals surface area (Å²) in [6, 6.07) is 3.94. The third-order valence-corrected chi connectivity index (χ3v) is 4.00. The Morgan fingerprint density at radius 1 is 1.41 bits per heavy atom. The standard InChI is InChI=1S/C16H13F2N5O3S/c17-13(18)8-5-7(9-3-4-19-23-9)1-2-10(8)20-14(24)12-15(25)21-11(6-27)22-16(12)26/h1-3,5,13,27H,4,6H2,(H,20,24)(H2,21,22,25,26). The summed E-state index contributed by atoms with van der Waals surface area (Å²) < 4.78 is 26.9. The highest BCUT2D eigenvalue weighted by molar-refractivity contribution is 7.79. The summed E-state index contributed by atoms with van der Waals surface area (Å²) in [4.78, 5) is 30.2. The number of benzene rings is 1. The number of aromatic nitrogens is 2. The SMILES string of the molecule is O=C(Nc1ccc(C2=CCN=N2)cc1C(F)F)c1c(O)nc(CS)[nH]c1=O. The summed E-state index contributed by atoms with van der Waals surface area (Å²) >= 11 is 3.91. The van der Waals surface area contributed by atoms with Crippen molar-refractivity contribution in [1.82, 2.24) is 9.97 Å². The summed E-state index contributed by atoms with van der Waals surface area (Å²) in [7, 11) is 0. The van der Waals surface area contributed by atoms with Crippen LogP contribution in [0.25, 0.3) is 5.70 Å². The Kier molecular flexibility index (Phi) is 5.31. The van der Waals surface area contributed by atoms with Gasteiger partial charge in [-0.2, -0.15) is 27.8 Å². The molecule has 3 N–H and O–H groups in total. The predicted molar refractivity (Wildman–Crippen MR) is 96.3 cm³/mol. The van der Waals surface area contributed by atoms with E-state index in [0.717, 1.165) is 0 Å². The molecule has 1 amide bonds. The monoisotopic (exact) mass is 393 g/mol. The Morgan fingerprint density at radius 3 is 2.78 bits per heavy atom. The van der Waals surface area contributed by atoms with E-state index in [-0.39, 0.29) is 17.3 Å². The highest BCUT2D eigenvalue weighted by atomic mass is 32.1. The Hall–Kier alpha value is -3.08. The zero-order chi connectivity index (χ0) is 19.6. The molecule has 27 heavy (non-hydrogen) atoms. The van der Waals surface area contributed by atoms with Gasteiger partial charge in [0.05, 0.1) is 12.2 Å². The number of aromatic amines is 1. The molecule has 0 unspecified atom stereocenters. The first-order valence-electron chi connectivity index (χ1n) is 7.65. The van der Waals surface area contributed by atoms with Gasteiger partial charge in [0.1, 0.15) is 5.82 Å². The van der Waals surface area contributed by atoms with E-state index in [1.165, 1.54) is 18.2 Å². The van der Waals surface area contributed by atoms with Gasteiger partial charge in [0, 0.05) is 22.6 Å². The van der Waals surface area contributed by atoms with Crippen molar-refractivity contribution in [3.63, 3.8) is 0 Å². The minimum absolute atomic E-state index is 0.0366. The number of anilines is 1. The van der Waals surface area contributed by atoms with Crippen LogP contribution in [0.1, 0.15) is 33.7 Å². The van der Waals surface area contributed by atoms with Crippen molar-refractivity contribution in [1.29, 1.82) is 0 Å². The molecule has 1 aromatic heterocycles. The molecule has 0 atom stereocenters. The number of halogens is 2. The first-order valence-corrected chi connectivity index (χ1v) is 8.28. The molecule has 1 aliphatic heterocycles. The maximum absolute atomic E-state index is 13.4. The normalized spacial score (nSPS) is 13.1. The van der Waals surface area contributed by atoms with Crippen LogP contribution in [0.5, 0.6) is 5.88 Å². The van der Waals surface area contributed by atoms with Crippen LogP contribution in [-0.4, -0.2) is 27.5 Å². The van der Waals surface area contributed by atoms with Crippen LogP contribution in [0.2, 0.25) is 0 Å². The van der Waals surface area contributed by atoms with E-state index in [1.807, 2.05) is 0 Å². The number of alkyl halides is 2. The third kappa shape index (κ3) is 3.87. The van der Waals surface area contributed by atoms with Gasteiger partial charge >= 0.3 is 0 Å². The largest absolute Gasteiger partial charge is 0.493 e. The number of aromatic hydroxyl groups is 1. The Bertz CT molecular complexity index is 1020. The van der Waals surface area contributed by atoms with Crippen LogP contribution in [-0.2, 0) is 5.75 Å². The zero-order valence-corrected chi connectivity index (χ0v) is 14.5. The molecular weight excluding hydrogens is 380 g/mol. The van der Waals surface area contributed by atoms with Crippen molar-refractivity contribution in [2.45, 2.75) is 12.2 Å². The number of carbonyl (C=O) groups is 1. The van der Waals surface area contributed by atoms with Crippen LogP contribution >= 0.6 is 12.6 Å². The number of nitrogens with one attached hydrogen (secondary N) is 2. The Labute approximate surface area is 156 Å². The summed E-state index contributed by atoms with van der Waals surface area (Å²) in [6.07, 6.45) is -1.22. The van der Waals surface area contributed by atoms with Crippen LogP contribution < -0.4 is 10.9 Å². The zero-order valence-electron chi connectivity index (χ0n) is 13.6. The first-order chi connectivity index (χ1) is 12.9. The van der Waals surface area contributed by atoms with Crippen molar-refractivity contribution in [2.24, 2.45) is 10.2 Å². The van der Waals surface area contributed by atoms with Crippen LogP contribution in [0.3, 0.4) is 0 Å². The maximum atomic E-state index is 13.4. The molecule has 140 valence electrons. The average Bonchev–Trinajstić information content (AvgIpc) is 3.15. The lowest BCUT2D eigenvalue weighted by Gasteiger charge is -2.12. The molecule has 1 aliphatic rings. The smallest absolute Gasteiger partial charge is 0.267 e. The minimum Gasteiger partial charge on any atom is -0.493 e. The molecule has 0 radical (unpaired) electrons. The van der Waals surface area contributed by atoms with E-state index >= 15 is 0 Å². The Balaban J connectivity index is 1.94. The van der Waals surface area contributed by atoms with Gasteiger partial charge in [-0.3, -0.25) is 9.59 Å². The molecule has 0 saturated heterocycles. The van der Waals surface area contributed by atoms with Crippen LogP contribution in [0, 0.1) is 0 Å². The molecule has 0 spiro atoms. The van der Waals surface area contributed by atoms with Crippen molar-refractivity contribution in [3.05, 3.63) is 57.1 Å². The fourth-order valence-corrected chi connectivity index (χ4v) is 2.60. The van der Waals surface area contributed by atoms with E-state index in [0.29, 0.717) is 17.8 Å². The number of rotatable bonds is 5. The first kappa shape index (κ1) is 18.7. The summed E-state index contributed by atoms with van der Waals surface area (Å²) in [5.74, 6) is -1.78. The van der Waals surface area contributed by atoms with E-state index in [9.17, 15) is 23.5 Å². The van der Waals surface area contributed by atoms with Crippen LogP contribution in [0.4, 0.5) is 14.5 Å². The van der Waals surface area contributed by atoms with Gasteiger partial charge in [0.25, 0.3) is 17.9 Å². The molecule has 1 aromatic carbocycles. The van der Waals surface area contributed by atoms with Crippen molar-refractivity contribution < 1.29 is 18.7 Å². The lowest BCUT2D eigenvalue weighted by Crippen LogP contribution is -2.25. The third-order valence-electron chi connectivity index (χ3n) is 3.70. The van der Waals surface area contributed by atoms with Gasteiger partial charge in [-0.1, -0.05) is 6.07 Å². The molecule has 0 bridgehead atoms. The fraction of sp³-hybridized carbons (Fsp3) is 0.188. The number of azo groups is 1. The number of H-pyrrole nitrogens is 1. The van der Waals surface area contributed by atoms with E-state index in [2.05, 4.69) is 38.1 Å². The van der Waals surface area contributed by atoms with Crippen molar-refractivity contribution >= 4 is 29.9 Å². The lowest BCUT2D eigenvalue weighted by molar-refractivity contribution is 0.102. The van der Waals surface area contributed by atoms with E-state index in [4.69, 9.17) is 0 Å². The second-order valence-corrected chi connectivity index (χ2v) is 5.76. The highest BCUT2D eigenvalue weighted by Gasteiger charge is 2.22. The van der Waals surface area contributed by atoms with Gasteiger partial charge < -0.3 is 15.4 Å². The topological polar surface area (TPSA) is 120 Å². The van der Waals surface area contributed by atoms with Crippen molar-refractivity contribution in [3.8, 4) is 5.88 Å². The lowest BCUT2D eigenvalue weighted by atomic mass is 10.1. The summed E-state index contributed by atoms with van der Waals surface area (Å²) in [5.41, 5.74) is -1.38. The molecule has 0 fully saturated rings. The molecule has 0 saturated carbocycles. The number of hydrogen-bond acceptors (Lipinski definition) is 7. The average molecular weight is 393 g/mol. The molecule has 8 nitrogen and oxygen atoms in total. The highest BCUT2D eigenvalue weighted by Crippen LogP contribution is 2.32. The van der Waals surface area contributed by atoms with Gasteiger partial charge in [0.15, 0.2) is 5.56 Å². The van der Waals surface area contributed by atoms with E-state index < -0.39 is 34.9 Å². The number of hydrogen-bond donors (Lipinski definition) is 4. The molecule has 0 aliphatic carbocycles. The molecular formula is C16H13F2N5O3S. The molecule has 3 rings (SSSR count). The van der Waals surface area contributed by atoms with Gasteiger partial charge in [0.2, 0.25) is 5.88 Å². The van der Waals surface area contributed by atoms with Gasteiger partial charge in [-0.05, 0) is 18.2 Å². The molecule has 11 heteroatoms. The second kappa shape index (κ2) is 7.66. The molecule has 2 heterocycles. The predicted octanol–water partition coefficient (Wildman–Crippen LogP) is 2.90. The second-order valence-electron chi connectivity index (χ2n) is 5.44. The minimum atomic E-state index is -2.89. The van der Waals surface area contributed by atoms with Crippen molar-refractivity contribution in [2.75, 3.05) is 11.9 Å². The Morgan fingerprint density at radius 2 is 2.19 bits per heavy atom. The van der Waals surface area contributed by atoms with E-state index in [1.54, 1.807) is 6.08 Å². The van der Waals surface area contributed by atoms with Gasteiger partial charge in [-0.25, -0.2) is 8.78 Å². The maximum Gasteiger partial charge on any atom is 0.267 e. The summed E-state index contributed by atoms with van der Waals surface area (Å²) in [6.45, 7) is 0.370. The summed E-state index contributed by atoms with van der Waals surface area (Å²) in [5, 5.41) is 19.6. The number of amides is 1. The van der Waals surface area contributed by atoms with Gasteiger partial charge in [-0.15, -0.1) is 0 Å². The number of nitrogens with zero attached hydrogens (tertiary/aromatic N) is 3. The fourth-order valence-electron chi connectivity index (χ4n) is 2.45. The number of thiol groups is 1. The van der Waals surface area contributed by atoms with Crippen LogP contribution in [0.15, 0.2) is 39.3 Å².